The number of thiophene rings is 1. The number of halogens is 1. The normalized spacial score (nSPS) is 42.0. The van der Waals surface area contributed by atoms with Gasteiger partial charge in [0.1, 0.15) is 17.9 Å². The summed E-state index contributed by atoms with van der Waals surface area (Å²) in [5.74, 6) is -1.57. The first-order valence-electron chi connectivity index (χ1n) is 15.4. The molecule has 3 N–H and O–H groups in total. The maximum absolute atomic E-state index is 17.7. The van der Waals surface area contributed by atoms with Crippen LogP contribution in [-0.2, 0) is 20.7 Å². The van der Waals surface area contributed by atoms with Crippen LogP contribution in [0.3, 0.4) is 0 Å². The smallest absolute Gasteiger partial charge is 0.164 e. The Morgan fingerprint density at radius 1 is 1.21 bits per heavy atom. The van der Waals surface area contributed by atoms with Crippen molar-refractivity contribution >= 4 is 22.8 Å². The summed E-state index contributed by atoms with van der Waals surface area (Å²) in [6.07, 6.45) is 6.50. The van der Waals surface area contributed by atoms with Crippen molar-refractivity contribution in [1.29, 1.82) is 5.41 Å². The highest BCUT2D eigenvalue weighted by Gasteiger charge is 2.79. The summed E-state index contributed by atoms with van der Waals surface area (Å²) in [5.41, 5.74) is -3.25. The second kappa shape index (κ2) is 10.9. The first-order valence-corrected chi connectivity index (χ1v) is 16.2. The van der Waals surface area contributed by atoms with Gasteiger partial charge in [-0.05, 0) is 83.6 Å². The van der Waals surface area contributed by atoms with Crippen molar-refractivity contribution in [2.24, 2.45) is 27.8 Å². The van der Waals surface area contributed by atoms with Crippen LogP contribution >= 0.6 is 11.3 Å². The molecule has 0 spiro atoms. The predicted molar refractivity (Wildman–Crippen MR) is 164 cm³/mol. The van der Waals surface area contributed by atoms with Crippen LogP contribution in [-0.4, -0.2) is 64.1 Å². The fraction of sp³-hybridized carbons (Fsp3) is 0.697. The number of nitrogens with zero attached hydrogens (tertiary/aromatic N) is 1. The quantitative estimate of drug-likeness (QED) is 0.201. The fourth-order valence-corrected chi connectivity index (χ4v) is 9.80. The fourth-order valence-electron chi connectivity index (χ4n) is 8.92. The van der Waals surface area contributed by atoms with E-state index in [0.717, 1.165) is 12.0 Å². The van der Waals surface area contributed by atoms with Crippen LogP contribution in [0.2, 0.25) is 0 Å². The minimum Gasteiger partial charge on any atom is -0.395 e. The van der Waals surface area contributed by atoms with Crippen molar-refractivity contribution in [1.82, 2.24) is 0 Å². The van der Waals surface area contributed by atoms with E-state index in [0.29, 0.717) is 31.6 Å². The van der Waals surface area contributed by atoms with Gasteiger partial charge in [-0.2, -0.15) is 0 Å². The molecule has 4 aliphatic carbocycles. The molecule has 1 aromatic heterocycles. The molecule has 9 heteroatoms. The minimum atomic E-state index is -1.90. The van der Waals surface area contributed by atoms with Gasteiger partial charge in [0.25, 0.3) is 0 Å². The van der Waals surface area contributed by atoms with Crippen molar-refractivity contribution in [2.45, 2.75) is 110 Å². The SMILES string of the molecule is CC.Cc1ccc(CCO/N=C2/C=C[C@@]3(C)C(=C2)CC[C@H]2[C@@H]4C[C@H]5OC(C)(C)O[C@@]5(C(=N)CO)[C@@]4(C)C[C@H](O)[C@@]23F)s1. The number of nitrogens with one attached hydrogen (secondary N) is 1. The molecule has 1 saturated heterocycles. The van der Waals surface area contributed by atoms with Crippen molar-refractivity contribution in [3.8, 4) is 0 Å². The highest BCUT2D eigenvalue weighted by atomic mass is 32.1. The molecule has 0 aromatic carbocycles. The van der Waals surface area contributed by atoms with Crippen LogP contribution in [0.15, 0.2) is 41.1 Å². The zero-order valence-corrected chi connectivity index (χ0v) is 26.8. The molecule has 0 radical (unpaired) electrons. The van der Waals surface area contributed by atoms with Gasteiger partial charge in [0.2, 0.25) is 0 Å². The van der Waals surface area contributed by atoms with E-state index >= 15 is 4.39 Å². The first-order chi connectivity index (χ1) is 19.8. The molecule has 8 atom stereocenters. The highest BCUT2D eigenvalue weighted by Crippen LogP contribution is 2.72. The number of hydrogen-bond acceptors (Lipinski definition) is 8. The number of fused-ring (bicyclic) bond motifs is 7. The molecular weight excluding hydrogens is 555 g/mol. The number of allylic oxidation sites excluding steroid dienone is 4. The number of aliphatic hydroxyl groups is 2. The summed E-state index contributed by atoms with van der Waals surface area (Å²) in [6, 6.07) is 4.21. The predicted octanol–water partition coefficient (Wildman–Crippen LogP) is 6.31. The Morgan fingerprint density at radius 2 is 1.95 bits per heavy atom. The van der Waals surface area contributed by atoms with Gasteiger partial charge < -0.3 is 29.9 Å². The minimum absolute atomic E-state index is 0.0434. The summed E-state index contributed by atoms with van der Waals surface area (Å²) in [4.78, 5) is 8.14. The lowest BCUT2D eigenvalue weighted by Gasteiger charge is -2.63. The summed E-state index contributed by atoms with van der Waals surface area (Å²) < 4.78 is 30.5. The van der Waals surface area contributed by atoms with Crippen LogP contribution < -0.4 is 0 Å². The maximum Gasteiger partial charge on any atom is 0.164 e. The van der Waals surface area contributed by atoms with Crippen LogP contribution in [0.4, 0.5) is 4.39 Å². The molecule has 3 saturated carbocycles. The largest absolute Gasteiger partial charge is 0.395 e. The summed E-state index contributed by atoms with van der Waals surface area (Å²) in [7, 11) is 0. The van der Waals surface area contributed by atoms with Crippen molar-refractivity contribution in [2.75, 3.05) is 13.2 Å². The van der Waals surface area contributed by atoms with Gasteiger partial charge in [-0.15, -0.1) is 11.3 Å². The van der Waals surface area contributed by atoms with Crippen molar-refractivity contribution in [3.05, 3.63) is 45.7 Å². The molecule has 232 valence electrons. The molecule has 4 fully saturated rings. The average Bonchev–Trinajstić information content (AvgIpc) is 3.56. The Morgan fingerprint density at radius 3 is 2.62 bits per heavy atom. The molecule has 1 aromatic rings. The molecule has 5 aliphatic rings. The average molecular weight is 603 g/mol. The van der Waals surface area contributed by atoms with Crippen LogP contribution in [0.25, 0.3) is 0 Å². The van der Waals surface area contributed by atoms with E-state index in [1.54, 1.807) is 11.3 Å². The molecular formula is C33H47FN2O5S. The Kier molecular flexibility index (Phi) is 8.19. The standard InChI is InChI=1S/C31H41FN2O5S.C2H6/c1-18-6-8-21(40-18)11-13-37-34-20-10-12-28(4)19(14-20)7-9-22-23-15-26-31(24(33)17-35,39-27(2,3)38-26)29(23,5)16-25(36)30(22,28)32;1-2/h6,8,10,12,14,22-23,25-26,33,35-36H,7,9,11,13,15-17H2,1-5H3;1-2H3/b33-24?,34-20-;/t22-,23-,25-,26+,28-,29-,30-,31+;/m0./s1. The van der Waals surface area contributed by atoms with Gasteiger partial charge in [-0.3, -0.25) is 0 Å². The zero-order valence-electron chi connectivity index (χ0n) is 26.0. The molecule has 0 unspecified atom stereocenters. The summed E-state index contributed by atoms with van der Waals surface area (Å²) in [6.45, 7) is 13.6. The van der Waals surface area contributed by atoms with Crippen LogP contribution in [0.1, 0.15) is 77.0 Å². The van der Waals surface area contributed by atoms with E-state index < -0.39 is 52.6 Å². The Hall–Kier alpha value is -1.91. The highest BCUT2D eigenvalue weighted by molar-refractivity contribution is 7.11. The molecule has 6 rings (SSSR count). The van der Waals surface area contributed by atoms with Crippen molar-refractivity contribution in [3.63, 3.8) is 0 Å². The third-order valence-corrected chi connectivity index (χ3v) is 11.7. The first kappa shape index (κ1) is 31.5. The van der Waals surface area contributed by atoms with Crippen LogP contribution in [0, 0.1) is 35.0 Å². The number of oxime groups is 1. The Balaban J connectivity index is 0.00000173. The molecule has 0 amide bonds. The number of aliphatic hydroxyl groups excluding tert-OH is 2. The zero-order chi connectivity index (χ0) is 30.7. The maximum atomic E-state index is 17.7. The molecule has 1 aliphatic heterocycles. The lowest BCUT2D eigenvalue weighted by Crippen LogP contribution is -2.69. The molecule has 2 heterocycles. The van der Waals surface area contributed by atoms with E-state index in [9.17, 15) is 10.2 Å². The third kappa shape index (κ3) is 4.40. The number of aryl methyl sites for hydroxylation is 1. The van der Waals surface area contributed by atoms with Gasteiger partial charge in [0.05, 0.1) is 24.5 Å². The lowest BCUT2D eigenvalue weighted by atomic mass is 9.44. The molecule has 7 nitrogen and oxygen atoms in total. The van der Waals surface area contributed by atoms with Crippen molar-refractivity contribution < 1.29 is 28.9 Å². The van der Waals surface area contributed by atoms with E-state index in [-0.39, 0.29) is 18.1 Å². The summed E-state index contributed by atoms with van der Waals surface area (Å²) >= 11 is 1.75. The van der Waals surface area contributed by atoms with Gasteiger partial charge in [0, 0.05) is 32.9 Å². The number of rotatable bonds is 6. The monoisotopic (exact) mass is 602 g/mol. The van der Waals surface area contributed by atoms with E-state index in [1.807, 2.05) is 59.8 Å². The molecule has 42 heavy (non-hydrogen) atoms. The van der Waals surface area contributed by atoms with Gasteiger partial charge in [0.15, 0.2) is 11.5 Å². The van der Waals surface area contributed by atoms with Gasteiger partial charge >= 0.3 is 0 Å². The van der Waals surface area contributed by atoms with E-state index in [2.05, 4.69) is 24.2 Å². The Labute approximate surface area is 253 Å². The van der Waals surface area contributed by atoms with Gasteiger partial charge in [-0.25, -0.2) is 4.39 Å². The number of alkyl halides is 1. The van der Waals surface area contributed by atoms with E-state index in [4.69, 9.17) is 19.7 Å². The lowest BCUT2D eigenvalue weighted by molar-refractivity contribution is -0.236. The Bertz CT molecular complexity index is 1310. The van der Waals surface area contributed by atoms with Gasteiger partial charge in [-0.1, -0.05) is 37.6 Å². The molecule has 0 bridgehead atoms. The number of ether oxygens (including phenoxy) is 2. The number of hydrogen-bond donors (Lipinski definition) is 3. The van der Waals surface area contributed by atoms with Crippen LogP contribution in [0.5, 0.6) is 0 Å². The third-order valence-electron chi connectivity index (χ3n) is 10.7. The second-order valence-electron chi connectivity index (χ2n) is 13.2. The summed E-state index contributed by atoms with van der Waals surface area (Å²) in [5, 5.41) is 34.9. The van der Waals surface area contributed by atoms with E-state index in [1.165, 1.54) is 9.75 Å². The topological polar surface area (TPSA) is 104 Å². The second-order valence-corrected chi connectivity index (χ2v) is 14.6.